The van der Waals surface area contributed by atoms with E-state index in [0.717, 1.165) is 35.1 Å². The second-order valence-electron chi connectivity index (χ2n) is 4.12. The van der Waals surface area contributed by atoms with E-state index in [0.29, 0.717) is 6.54 Å². The molecule has 0 spiro atoms. The summed E-state index contributed by atoms with van der Waals surface area (Å²) < 4.78 is 1.70. The van der Waals surface area contributed by atoms with Crippen LogP contribution in [0.1, 0.15) is 24.7 Å². The highest BCUT2D eigenvalue weighted by atomic mass is 35.5. The lowest BCUT2D eigenvalue weighted by molar-refractivity contribution is 0.633. The van der Waals surface area contributed by atoms with Gasteiger partial charge >= 0.3 is 0 Å². The molecule has 0 fully saturated rings. The van der Waals surface area contributed by atoms with Gasteiger partial charge in [0.1, 0.15) is 0 Å². The van der Waals surface area contributed by atoms with Crippen LogP contribution in [0.3, 0.4) is 0 Å². The fourth-order valence-electron chi connectivity index (χ4n) is 1.61. The molecule has 2 rings (SSSR count). The van der Waals surface area contributed by atoms with Crippen LogP contribution in [-0.2, 0) is 6.54 Å². The first-order valence-corrected chi connectivity index (χ1v) is 6.34. The summed E-state index contributed by atoms with van der Waals surface area (Å²) in [5.41, 5.74) is 1.92. The molecule has 0 radical (unpaired) electrons. The molecule has 0 aliphatic rings. The summed E-state index contributed by atoms with van der Waals surface area (Å²) in [5.74, 6) is 0.781. The Hall–Kier alpha value is -1.46. The summed E-state index contributed by atoms with van der Waals surface area (Å²) in [7, 11) is 0. The molecular weight excluding hydrogens is 250 g/mol. The van der Waals surface area contributed by atoms with Crippen molar-refractivity contribution in [1.29, 1.82) is 0 Å². The second kappa shape index (κ2) is 5.93. The van der Waals surface area contributed by atoms with Gasteiger partial charge in [-0.25, -0.2) is 0 Å². The molecule has 18 heavy (non-hydrogen) atoms. The Balaban J connectivity index is 2.22. The number of benzene rings is 1. The number of hydrogen-bond donors (Lipinski definition) is 1. The molecule has 0 saturated carbocycles. The first-order valence-electron chi connectivity index (χ1n) is 5.97. The molecule has 96 valence electrons. The van der Waals surface area contributed by atoms with E-state index in [4.69, 9.17) is 11.6 Å². The van der Waals surface area contributed by atoms with E-state index in [2.05, 4.69) is 27.8 Å². The van der Waals surface area contributed by atoms with Gasteiger partial charge in [-0.15, -0.1) is 5.10 Å². The van der Waals surface area contributed by atoms with Crippen LogP contribution >= 0.6 is 11.6 Å². The van der Waals surface area contributed by atoms with Crippen LogP contribution in [0, 0.1) is 6.92 Å². The maximum Gasteiger partial charge on any atom is 0.170 e. The van der Waals surface area contributed by atoms with Crippen molar-refractivity contribution in [2.45, 2.75) is 26.8 Å². The van der Waals surface area contributed by atoms with Gasteiger partial charge in [0.25, 0.3) is 0 Å². The van der Waals surface area contributed by atoms with Gasteiger partial charge in [0.15, 0.2) is 5.82 Å². The van der Waals surface area contributed by atoms with Gasteiger partial charge in [-0.2, -0.15) is 4.68 Å². The number of halogens is 1. The predicted molar refractivity (Wildman–Crippen MR) is 70.9 cm³/mol. The minimum atomic E-state index is 0.645. The Bertz CT molecular complexity index is 523. The average molecular weight is 266 g/mol. The molecule has 0 unspecified atom stereocenters. The zero-order valence-electron chi connectivity index (χ0n) is 10.5. The van der Waals surface area contributed by atoms with E-state index in [9.17, 15) is 0 Å². The molecular formula is C12H16ClN5. The zero-order valence-corrected chi connectivity index (χ0v) is 11.3. The molecule has 0 aliphatic heterocycles. The van der Waals surface area contributed by atoms with E-state index >= 15 is 0 Å². The molecule has 1 heterocycles. The number of nitrogens with one attached hydrogen (secondary N) is 1. The molecule has 0 bridgehead atoms. The quantitative estimate of drug-likeness (QED) is 0.842. The lowest BCUT2D eigenvalue weighted by Gasteiger charge is -2.06. The highest BCUT2D eigenvalue weighted by molar-refractivity contribution is 6.31. The highest BCUT2D eigenvalue weighted by Gasteiger charge is 2.08. The lowest BCUT2D eigenvalue weighted by Crippen LogP contribution is -2.17. The van der Waals surface area contributed by atoms with E-state index < -0.39 is 0 Å². The third-order valence-electron chi connectivity index (χ3n) is 2.64. The molecule has 5 nitrogen and oxygen atoms in total. The summed E-state index contributed by atoms with van der Waals surface area (Å²) in [6, 6.07) is 5.79. The van der Waals surface area contributed by atoms with Gasteiger partial charge in [0.2, 0.25) is 0 Å². The topological polar surface area (TPSA) is 55.6 Å². The van der Waals surface area contributed by atoms with Crippen LogP contribution < -0.4 is 5.32 Å². The molecule has 1 N–H and O–H groups in total. The Labute approximate surface area is 111 Å². The number of rotatable bonds is 5. The molecule has 1 aromatic carbocycles. The van der Waals surface area contributed by atoms with Crippen molar-refractivity contribution in [3.63, 3.8) is 0 Å². The minimum Gasteiger partial charge on any atom is -0.310 e. The maximum atomic E-state index is 6.11. The maximum absolute atomic E-state index is 6.11. The molecule has 1 aromatic heterocycles. The largest absolute Gasteiger partial charge is 0.310 e. The number of aryl methyl sites for hydroxylation is 1. The van der Waals surface area contributed by atoms with Gasteiger partial charge in [0, 0.05) is 5.02 Å². The predicted octanol–water partition coefficient (Wildman–Crippen LogP) is 2.12. The summed E-state index contributed by atoms with van der Waals surface area (Å²) in [6.45, 7) is 5.68. The van der Waals surface area contributed by atoms with Crippen molar-refractivity contribution in [1.82, 2.24) is 25.5 Å². The zero-order chi connectivity index (χ0) is 13.0. The Morgan fingerprint density at radius 2 is 2.22 bits per heavy atom. The van der Waals surface area contributed by atoms with E-state index in [1.54, 1.807) is 4.68 Å². The van der Waals surface area contributed by atoms with Gasteiger partial charge in [-0.05, 0) is 48.0 Å². The van der Waals surface area contributed by atoms with Crippen LogP contribution in [0.4, 0.5) is 0 Å². The van der Waals surface area contributed by atoms with Crippen molar-refractivity contribution in [2.24, 2.45) is 0 Å². The van der Waals surface area contributed by atoms with Crippen LogP contribution in [0.5, 0.6) is 0 Å². The summed E-state index contributed by atoms with van der Waals surface area (Å²) in [6.07, 6.45) is 1.08. The smallest absolute Gasteiger partial charge is 0.170 e. The van der Waals surface area contributed by atoms with Crippen molar-refractivity contribution in [3.05, 3.63) is 34.6 Å². The van der Waals surface area contributed by atoms with Gasteiger partial charge in [0.05, 0.1) is 12.2 Å². The van der Waals surface area contributed by atoms with Crippen LogP contribution in [0.2, 0.25) is 5.02 Å². The van der Waals surface area contributed by atoms with Crippen molar-refractivity contribution < 1.29 is 0 Å². The standard InChI is InChI=1S/C12H16ClN5/c1-3-6-14-8-12-15-16-17-18(12)10-5-4-9(2)11(13)7-10/h4-5,7,14H,3,6,8H2,1-2H3. The summed E-state index contributed by atoms with van der Waals surface area (Å²) >= 11 is 6.11. The monoisotopic (exact) mass is 265 g/mol. The van der Waals surface area contributed by atoms with Gasteiger partial charge in [-0.1, -0.05) is 24.6 Å². The van der Waals surface area contributed by atoms with Crippen LogP contribution in [0.15, 0.2) is 18.2 Å². The first kappa shape index (κ1) is 13.0. The minimum absolute atomic E-state index is 0.645. The molecule has 6 heteroatoms. The van der Waals surface area contributed by atoms with Crippen LogP contribution in [-0.4, -0.2) is 26.8 Å². The molecule has 2 aromatic rings. The average Bonchev–Trinajstić information content (AvgIpc) is 2.81. The normalized spacial score (nSPS) is 10.8. The van der Waals surface area contributed by atoms with E-state index in [1.807, 2.05) is 25.1 Å². The first-order chi connectivity index (χ1) is 8.72. The third kappa shape index (κ3) is 2.86. The second-order valence-corrected chi connectivity index (χ2v) is 4.52. The van der Waals surface area contributed by atoms with E-state index in [-0.39, 0.29) is 0 Å². The Morgan fingerprint density at radius 1 is 1.39 bits per heavy atom. The van der Waals surface area contributed by atoms with Crippen molar-refractivity contribution >= 4 is 11.6 Å². The molecule has 0 saturated heterocycles. The third-order valence-corrected chi connectivity index (χ3v) is 3.05. The van der Waals surface area contributed by atoms with E-state index in [1.165, 1.54) is 0 Å². The number of aromatic nitrogens is 4. The molecule has 0 aliphatic carbocycles. The summed E-state index contributed by atoms with van der Waals surface area (Å²) in [4.78, 5) is 0. The number of hydrogen-bond acceptors (Lipinski definition) is 4. The van der Waals surface area contributed by atoms with Gasteiger partial charge < -0.3 is 5.32 Å². The Morgan fingerprint density at radius 3 is 2.94 bits per heavy atom. The summed E-state index contributed by atoms with van der Waals surface area (Å²) in [5, 5.41) is 15.7. The van der Waals surface area contributed by atoms with Gasteiger partial charge in [-0.3, -0.25) is 0 Å². The lowest BCUT2D eigenvalue weighted by atomic mass is 10.2. The molecule has 0 amide bonds. The van der Waals surface area contributed by atoms with Crippen molar-refractivity contribution in [2.75, 3.05) is 6.54 Å². The number of tetrazole rings is 1. The fourth-order valence-corrected chi connectivity index (χ4v) is 1.78. The number of nitrogens with zero attached hydrogens (tertiary/aromatic N) is 4. The highest BCUT2D eigenvalue weighted by Crippen LogP contribution is 2.19. The Kier molecular flexibility index (Phi) is 4.28. The van der Waals surface area contributed by atoms with Crippen molar-refractivity contribution in [3.8, 4) is 5.69 Å². The van der Waals surface area contributed by atoms with Crippen LogP contribution in [0.25, 0.3) is 5.69 Å². The fraction of sp³-hybridized carbons (Fsp3) is 0.417. The molecule has 0 atom stereocenters. The SMILES string of the molecule is CCCNCc1nnnn1-c1ccc(C)c(Cl)c1.